The molecule has 0 fully saturated rings. The van der Waals surface area contributed by atoms with Crippen molar-refractivity contribution in [3.63, 3.8) is 0 Å². The van der Waals surface area contributed by atoms with Gasteiger partial charge >= 0.3 is 5.97 Å². The number of anilines is 2. The fourth-order valence-electron chi connectivity index (χ4n) is 1.40. The fourth-order valence-corrected chi connectivity index (χ4v) is 2.03. The largest absolute Gasteiger partial charge is 0.478 e. The molecule has 0 radical (unpaired) electrons. The maximum absolute atomic E-state index is 12.9. The second-order valence-electron chi connectivity index (χ2n) is 3.60. The van der Waals surface area contributed by atoms with Gasteiger partial charge in [-0.1, -0.05) is 11.6 Å². The molecule has 2 rings (SSSR count). The molecule has 0 saturated carbocycles. The highest BCUT2D eigenvalue weighted by atomic mass is 79.9. The monoisotopic (exact) mass is 344 g/mol. The van der Waals surface area contributed by atoms with E-state index < -0.39 is 5.97 Å². The molecule has 7 heteroatoms. The Morgan fingerprint density at radius 2 is 2.16 bits per heavy atom. The summed E-state index contributed by atoms with van der Waals surface area (Å²) in [5.41, 5.74) is 0.505. The molecule has 0 aliphatic heterocycles. The first-order chi connectivity index (χ1) is 8.97. The minimum absolute atomic E-state index is 0.0521. The van der Waals surface area contributed by atoms with Crippen molar-refractivity contribution in [1.82, 2.24) is 4.98 Å². The number of carboxylic acids is 1. The van der Waals surface area contributed by atoms with E-state index in [-0.39, 0.29) is 16.4 Å². The topological polar surface area (TPSA) is 62.2 Å². The first-order valence-corrected chi connectivity index (χ1v) is 6.25. The highest BCUT2D eigenvalue weighted by Crippen LogP contribution is 2.27. The number of nitrogens with zero attached hydrogens (tertiary/aromatic N) is 1. The first-order valence-electron chi connectivity index (χ1n) is 5.08. The third-order valence-corrected chi connectivity index (χ3v) is 3.24. The summed E-state index contributed by atoms with van der Waals surface area (Å²) in [6.07, 6.45) is 1.24. The van der Waals surface area contributed by atoms with Crippen LogP contribution in [0.5, 0.6) is 0 Å². The molecule has 0 bridgehead atoms. The molecular weight excluding hydrogens is 338 g/mol. The van der Waals surface area contributed by atoms with E-state index in [1.807, 2.05) is 0 Å². The van der Waals surface area contributed by atoms with Gasteiger partial charge in [0.2, 0.25) is 0 Å². The Morgan fingerprint density at radius 3 is 2.79 bits per heavy atom. The Hall–Kier alpha value is -1.66. The van der Waals surface area contributed by atoms with Gasteiger partial charge in [-0.15, -0.1) is 0 Å². The van der Waals surface area contributed by atoms with Crippen molar-refractivity contribution in [3.8, 4) is 0 Å². The van der Waals surface area contributed by atoms with Crippen LogP contribution in [-0.4, -0.2) is 16.1 Å². The molecule has 0 atom stereocenters. The quantitative estimate of drug-likeness (QED) is 0.880. The van der Waals surface area contributed by atoms with Crippen LogP contribution in [0.15, 0.2) is 34.9 Å². The van der Waals surface area contributed by atoms with Crippen molar-refractivity contribution in [3.05, 3.63) is 51.3 Å². The number of hydrogen-bond acceptors (Lipinski definition) is 3. The smallest absolute Gasteiger partial charge is 0.337 e. The summed E-state index contributed by atoms with van der Waals surface area (Å²) in [6.45, 7) is 0. The zero-order chi connectivity index (χ0) is 14.0. The maximum Gasteiger partial charge on any atom is 0.337 e. The van der Waals surface area contributed by atoms with Crippen LogP contribution >= 0.6 is 27.5 Å². The van der Waals surface area contributed by atoms with E-state index in [1.54, 1.807) is 0 Å². The standard InChI is InChI=1S/C12H7BrClFN2O2/c13-8-3-6(15)1-2-10(8)17-11-4-7(12(18)19)9(14)5-16-11/h1-5H,(H,16,17)(H,18,19). The van der Waals surface area contributed by atoms with Crippen molar-refractivity contribution < 1.29 is 14.3 Å². The molecule has 0 unspecified atom stereocenters. The number of pyridine rings is 1. The van der Waals surface area contributed by atoms with Gasteiger partial charge in [-0.05, 0) is 40.2 Å². The van der Waals surface area contributed by atoms with Gasteiger partial charge in [0, 0.05) is 10.7 Å². The van der Waals surface area contributed by atoms with Gasteiger partial charge in [-0.25, -0.2) is 14.2 Å². The van der Waals surface area contributed by atoms with E-state index in [0.29, 0.717) is 16.0 Å². The molecule has 2 N–H and O–H groups in total. The molecule has 0 aliphatic carbocycles. The molecular formula is C12H7BrClFN2O2. The van der Waals surface area contributed by atoms with Crippen LogP contribution in [0.25, 0.3) is 0 Å². The second-order valence-corrected chi connectivity index (χ2v) is 4.87. The Balaban J connectivity index is 2.33. The number of carbonyl (C=O) groups is 1. The summed E-state index contributed by atoms with van der Waals surface area (Å²) in [5, 5.41) is 11.9. The molecule has 4 nitrogen and oxygen atoms in total. The molecule has 19 heavy (non-hydrogen) atoms. The third-order valence-electron chi connectivity index (χ3n) is 2.28. The SMILES string of the molecule is O=C(O)c1cc(Nc2ccc(F)cc2Br)ncc1Cl. The first kappa shape index (κ1) is 13.8. The minimum atomic E-state index is -1.14. The van der Waals surface area contributed by atoms with Crippen LogP contribution in [-0.2, 0) is 0 Å². The van der Waals surface area contributed by atoms with E-state index in [0.717, 1.165) is 0 Å². The average molecular weight is 346 g/mol. The van der Waals surface area contributed by atoms with Crippen LogP contribution in [0.2, 0.25) is 5.02 Å². The van der Waals surface area contributed by atoms with Crippen molar-refractivity contribution >= 4 is 45.0 Å². The van der Waals surface area contributed by atoms with Gasteiger partial charge in [0.15, 0.2) is 0 Å². The summed E-state index contributed by atoms with van der Waals surface area (Å²) in [6, 6.07) is 5.38. The molecule has 0 spiro atoms. The summed E-state index contributed by atoms with van der Waals surface area (Å²) in [5.74, 6) is -1.23. The van der Waals surface area contributed by atoms with Crippen molar-refractivity contribution in [2.45, 2.75) is 0 Å². The lowest BCUT2D eigenvalue weighted by atomic mass is 10.2. The molecule has 0 amide bonds. The van der Waals surface area contributed by atoms with Crippen molar-refractivity contribution in [2.24, 2.45) is 0 Å². The molecule has 1 aromatic carbocycles. The summed E-state index contributed by atoms with van der Waals surface area (Å²) < 4.78 is 13.4. The molecule has 0 aliphatic rings. The van der Waals surface area contributed by atoms with E-state index in [4.69, 9.17) is 16.7 Å². The average Bonchev–Trinajstić information content (AvgIpc) is 2.34. The summed E-state index contributed by atoms with van der Waals surface area (Å²) >= 11 is 8.91. The Kier molecular flexibility index (Phi) is 4.01. The van der Waals surface area contributed by atoms with E-state index in [1.165, 1.54) is 30.5 Å². The fraction of sp³-hybridized carbons (Fsp3) is 0. The molecule has 1 heterocycles. The Labute approximate surface area is 121 Å². The number of nitrogens with one attached hydrogen (secondary N) is 1. The van der Waals surface area contributed by atoms with Crippen LogP contribution in [0, 0.1) is 5.82 Å². The van der Waals surface area contributed by atoms with Gasteiger partial charge in [-0.3, -0.25) is 0 Å². The number of rotatable bonds is 3. The Bertz CT molecular complexity index is 652. The van der Waals surface area contributed by atoms with Gasteiger partial charge in [0.05, 0.1) is 16.3 Å². The summed E-state index contributed by atoms with van der Waals surface area (Å²) in [7, 11) is 0. The normalized spacial score (nSPS) is 10.3. The highest BCUT2D eigenvalue weighted by Gasteiger charge is 2.11. The van der Waals surface area contributed by atoms with Crippen LogP contribution < -0.4 is 5.32 Å². The molecule has 98 valence electrons. The minimum Gasteiger partial charge on any atom is -0.478 e. The van der Waals surface area contributed by atoms with Crippen molar-refractivity contribution in [2.75, 3.05) is 5.32 Å². The lowest BCUT2D eigenvalue weighted by Gasteiger charge is -2.09. The second kappa shape index (κ2) is 5.54. The number of benzene rings is 1. The van der Waals surface area contributed by atoms with Crippen molar-refractivity contribution in [1.29, 1.82) is 0 Å². The lowest BCUT2D eigenvalue weighted by molar-refractivity contribution is 0.0697. The lowest BCUT2D eigenvalue weighted by Crippen LogP contribution is -2.01. The number of halogens is 3. The van der Waals surface area contributed by atoms with E-state index in [2.05, 4.69) is 26.2 Å². The van der Waals surface area contributed by atoms with E-state index >= 15 is 0 Å². The number of carboxylic acid groups (broad SMARTS) is 1. The highest BCUT2D eigenvalue weighted by molar-refractivity contribution is 9.10. The number of aromatic nitrogens is 1. The predicted octanol–water partition coefficient (Wildman–Crippen LogP) is 4.08. The van der Waals surface area contributed by atoms with Crippen LogP contribution in [0.4, 0.5) is 15.9 Å². The number of hydrogen-bond donors (Lipinski definition) is 2. The van der Waals surface area contributed by atoms with Gasteiger partial charge in [-0.2, -0.15) is 0 Å². The Morgan fingerprint density at radius 1 is 1.42 bits per heavy atom. The van der Waals surface area contributed by atoms with E-state index in [9.17, 15) is 9.18 Å². The van der Waals surface area contributed by atoms with Gasteiger partial charge in [0.25, 0.3) is 0 Å². The zero-order valence-electron chi connectivity index (χ0n) is 9.32. The summed E-state index contributed by atoms with van der Waals surface area (Å²) in [4.78, 5) is 14.9. The molecule has 2 aromatic rings. The molecule has 0 saturated heterocycles. The maximum atomic E-state index is 12.9. The van der Waals surface area contributed by atoms with Gasteiger partial charge < -0.3 is 10.4 Å². The van der Waals surface area contributed by atoms with Crippen LogP contribution in [0.1, 0.15) is 10.4 Å². The zero-order valence-corrected chi connectivity index (χ0v) is 11.7. The number of aromatic carboxylic acids is 1. The molecule has 1 aromatic heterocycles. The third kappa shape index (κ3) is 3.21. The predicted molar refractivity (Wildman–Crippen MR) is 73.6 cm³/mol. The van der Waals surface area contributed by atoms with Crippen LogP contribution in [0.3, 0.4) is 0 Å². The van der Waals surface area contributed by atoms with Gasteiger partial charge in [0.1, 0.15) is 11.6 Å².